The molecular weight excluding hydrogens is 444 g/mol. The number of carbonyl (C=O) groups is 1. The Hall–Kier alpha value is -3.77. The van der Waals surface area contributed by atoms with Crippen LogP contribution in [0.2, 0.25) is 0 Å². The lowest BCUT2D eigenvalue weighted by Crippen LogP contribution is -2.01. The maximum atomic E-state index is 10.9. The van der Waals surface area contributed by atoms with Crippen LogP contribution in [-0.4, -0.2) is 28.2 Å². The zero-order valence-corrected chi connectivity index (χ0v) is 19.8. The van der Waals surface area contributed by atoms with Crippen molar-refractivity contribution in [3.8, 4) is 5.88 Å². The van der Waals surface area contributed by atoms with Crippen LogP contribution in [0.5, 0.6) is 5.88 Å². The van der Waals surface area contributed by atoms with E-state index in [4.69, 9.17) is 9.84 Å². The average molecular weight is 469 g/mol. The largest absolute Gasteiger partial charge is 0.481 e. The fraction of sp³-hybridized carbons (Fsp3) is 0.179. The van der Waals surface area contributed by atoms with Crippen LogP contribution in [0.3, 0.4) is 0 Å². The van der Waals surface area contributed by atoms with Gasteiger partial charge >= 0.3 is 5.97 Å². The fourth-order valence-electron chi connectivity index (χ4n) is 4.27. The molecule has 0 bridgehead atoms. The first-order valence-corrected chi connectivity index (χ1v) is 12.0. The molecule has 5 rings (SSSR count). The molecule has 170 valence electrons. The second-order valence-corrected chi connectivity index (χ2v) is 9.32. The van der Waals surface area contributed by atoms with E-state index < -0.39 is 5.97 Å². The number of carboxylic acids is 1. The second kappa shape index (κ2) is 9.23. The molecule has 6 heteroatoms. The van der Waals surface area contributed by atoms with Crippen molar-refractivity contribution in [3.05, 3.63) is 94.1 Å². The van der Waals surface area contributed by atoms with Crippen LogP contribution in [0.1, 0.15) is 40.7 Å². The first-order chi connectivity index (χ1) is 16.5. The van der Waals surface area contributed by atoms with Gasteiger partial charge in [0.25, 0.3) is 0 Å². The highest BCUT2D eigenvalue weighted by Crippen LogP contribution is 2.48. The van der Waals surface area contributed by atoms with E-state index in [-0.39, 0.29) is 0 Å². The lowest BCUT2D eigenvalue weighted by molar-refractivity contribution is -0.131. The van der Waals surface area contributed by atoms with E-state index in [1.165, 1.54) is 11.1 Å². The highest BCUT2D eigenvalue weighted by atomic mass is 32.1. The van der Waals surface area contributed by atoms with E-state index in [1.807, 2.05) is 29.9 Å². The summed E-state index contributed by atoms with van der Waals surface area (Å²) in [6.07, 6.45) is 6.97. The normalized spacial score (nSPS) is 14.4. The minimum Gasteiger partial charge on any atom is -0.481 e. The Balaban J connectivity index is 1.72. The first kappa shape index (κ1) is 22.0. The van der Waals surface area contributed by atoms with Crippen LogP contribution in [0.25, 0.3) is 27.4 Å². The number of carboxylic acid groups (broad SMARTS) is 1. The number of allylic oxidation sites excluding steroid dienone is 1. The average Bonchev–Trinajstić information content (AvgIpc) is 3.57. The summed E-state index contributed by atoms with van der Waals surface area (Å²) >= 11 is 1.64. The summed E-state index contributed by atoms with van der Waals surface area (Å²) < 4.78 is 6.51. The van der Waals surface area contributed by atoms with E-state index in [1.54, 1.807) is 24.5 Å². The van der Waals surface area contributed by atoms with Gasteiger partial charge in [0.05, 0.1) is 22.8 Å². The van der Waals surface area contributed by atoms with Crippen molar-refractivity contribution in [1.82, 2.24) is 9.97 Å². The second-order valence-electron chi connectivity index (χ2n) is 8.43. The monoisotopic (exact) mass is 468 g/mol. The molecule has 1 saturated carbocycles. The third kappa shape index (κ3) is 4.50. The lowest BCUT2D eigenvalue weighted by atomic mass is 9.86. The number of ether oxygens (including phenoxy) is 1. The number of fused-ring (bicyclic) bond motifs is 1. The molecule has 5 nitrogen and oxygen atoms in total. The predicted octanol–water partition coefficient (Wildman–Crippen LogP) is 6.48. The molecule has 34 heavy (non-hydrogen) atoms. The molecule has 1 aliphatic rings. The Kier molecular flexibility index (Phi) is 5.99. The van der Waals surface area contributed by atoms with Gasteiger partial charge in [-0.1, -0.05) is 30.3 Å². The number of aromatic nitrogens is 2. The van der Waals surface area contributed by atoms with Crippen LogP contribution in [0.4, 0.5) is 0 Å². The highest BCUT2D eigenvalue weighted by Gasteiger charge is 2.31. The van der Waals surface area contributed by atoms with Crippen molar-refractivity contribution in [3.63, 3.8) is 0 Å². The summed E-state index contributed by atoms with van der Waals surface area (Å²) in [6.45, 7) is 2.10. The Morgan fingerprint density at radius 2 is 1.85 bits per heavy atom. The van der Waals surface area contributed by atoms with Gasteiger partial charge in [-0.05, 0) is 77.3 Å². The Bertz CT molecular complexity index is 1430. The van der Waals surface area contributed by atoms with Gasteiger partial charge in [-0.2, -0.15) is 0 Å². The zero-order chi connectivity index (χ0) is 23.7. The van der Waals surface area contributed by atoms with Gasteiger partial charge in [0.2, 0.25) is 5.88 Å². The van der Waals surface area contributed by atoms with E-state index in [2.05, 4.69) is 47.2 Å². The molecule has 0 atom stereocenters. The molecule has 1 aliphatic carbocycles. The highest BCUT2D eigenvalue weighted by molar-refractivity contribution is 7.16. The SMILES string of the molecule is COc1cc(C)c(C(=C(c2ccc(C=CC(=O)O)cc2)c2ccc3scnc3c2)C2CC2)cn1. The zero-order valence-electron chi connectivity index (χ0n) is 19.0. The number of hydrogen-bond donors (Lipinski definition) is 1. The van der Waals surface area contributed by atoms with Crippen LogP contribution in [-0.2, 0) is 4.79 Å². The molecule has 2 aromatic heterocycles. The predicted molar refractivity (Wildman–Crippen MR) is 137 cm³/mol. The van der Waals surface area contributed by atoms with Gasteiger partial charge in [0.1, 0.15) is 0 Å². The van der Waals surface area contributed by atoms with Crippen LogP contribution in [0.15, 0.2) is 66.3 Å². The molecule has 1 N–H and O–H groups in total. The summed E-state index contributed by atoms with van der Waals surface area (Å²) in [5.41, 5.74) is 10.6. The standard InChI is InChI=1S/C28H24N2O3S/c1-17-13-25(33-2)29-15-22(17)28(20-8-9-20)27(21-10-11-24-23(14-21)30-16-34-24)19-6-3-18(4-7-19)5-12-26(31)32/h3-7,10-16,20H,8-9H2,1-2H3,(H,31,32). The van der Waals surface area contributed by atoms with Crippen molar-refractivity contribution in [2.75, 3.05) is 7.11 Å². The van der Waals surface area contributed by atoms with Gasteiger partial charge in [0.15, 0.2) is 0 Å². The summed E-state index contributed by atoms with van der Waals surface area (Å²) in [6, 6.07) is 16.5. The Morgan fingerprint density at radius 1 is 1.09 bits per heavy atom. The van der Waals surface area contributed by atoms with Crippen LogP contribution < -0.4 is 4.74 Å². The molecule has 2 aromatic carbocycles. The van der Waals surface area contributed by atoms with Gasteiger partial charge in [-0.25, -0.2) is 14.8 Å². The van der Waals surface area contributed by atoms with Crippen molar-refractivity contribution >= 4 is 44.7 Å². The maximum absolute atomic E-state index is 10.9. The molecule has 1 fully saturated rings. The van der Waals surface area contributed by atoms with E-state index in [0.717, 1.165) is 57.0 Å². The van der Waals surface area contributed by atoms with Crippen LogP contribution >= 0.6 is 11.3 Å². The van der Waals surface area contributed by atoms with E-state index in [0.29, 0.717) is 11.8 Å². The molecule has 2 heterocycles. The summed E-state index contributed by atoms with van der Waals surface area (Å²) in [5, 5.41) is 8.95. The van der Waals surface area contributed by atoms with Crippen molar-refractivity contribution in [2.45, 2.75) is 19.8 Å². The maximum Gasteiger partial charge on any atom is 0.328 e. The van der Waals surface area contributed by atoms with Gasteiger partial charge < -0.3 is 9.84 Å². The topological polar surface area (TPSA) is 72.3 Å². The lowest BCUT2D eigenvalue weighted by Gasteiger charge is -2.19. The smallest absolute Gasteiger partial charge is 0.328 e. The number of methoxy groups -OCH3 is 1. The van der Waals surface area contributed by atoms with Crippen molar-refractivity contribution in [1.29, 1.82) is 0 Å². The van der Waals surface area contributed by atoms with E-state index in [9.17, 15) is 4.79 Å². The number of nitrogens with zero attached hydrogens (tertiary/aromatic N) is 2. The molecule has 0 radical (unpaired) electrons. The molecular formula is C28H24N2O3S. The minimum atomic E-state index is -0.959. The van der Waals surface area contributed by atoms with Crippen LogP contribution in [0, 0.1) is 12.8 Å². The molecule has 0 saturated heterocycles. The Morgan fingerprint density at radius 3 is 2.53 bits per heavy atom. The third-order valence-electron chi connectivity index (χ3n) is 6.08. The number of benzene rings is 2. The number of aliphatic carboxylic acids is 1. The first-order valence-electron chi connectivity index (χ1n) is 11.1. The van der Waals surface area contributed by atoms with Crippen molar-refractivity contribution < 1.29 is 14.6 Å². The summed E-state index contributed by atoms with van der Waals surface area (Å²) in [4.78, 5) is 20.0. The summed E-state index contributed by atoms with van der Waals surface area (Å²) in [5.74, 6) is 0.109. The van der Waals surface area contributed by atoms with Crippen molar-refractivity contribution in [2.24, 2.45) is 5.92 Å². The number of hydrogen-bond acceptors (Lipinski definition) is 5. The molecule has 4 aromatic rings. The molecule has 0 amide bonds. The molecule has 0 unspecified atom stereocenters. The number of thiazole rings is 1. The van der Waals surface area contributed by atoms with E-state index >= 15 is 0 Å². The molecule has 0 aliphatic heterocycles. The quantitative estimate of drug-likeness (QED) is 0.315. The Labute approximate surface area is 202 Å². The number of pyridine rings is 1. The number of aryl methyl sites for hydroxylation is 1. The number of rotatable bonds is 7. The van der Waals surface area contributed by atoms with Gasteiger partial charge in [0, 0.05) is 23.9 Å². The van der Waals surface area contributed by atoms with Gasteiger partial charge in [-0.3, -0.25) is 0 Å². The molecule has 0 spiro atoms. The fourth-order valence-corrected chi connectivity index (χ4v) is 4.93. The van der Waals surface area contributed by atoms with Gasteiger partial charge in [-0.15, -0.1) is 11.3 Å². The minimum absolute atomic E-state index is 0.460. The third-order valence-corrected chi connectivity index (χ3v) is 6.89. The summed E-state index contributed by atoms with van der Waals surface area (Å²) in [7, 11) is 1.63.